The summed E-state index contributed by atoms with van der Waals surface area (Å²) in [6.45, 7) is -1.00. The van der Waals surface area contributed by atoms with Crippen LogP contribution in [-0.2, 0) is 12.8 Å². The number of aliphatic hydroxyl groups excluding tert-OH is 1. The van der Waals surface area contributed by atoms with E-state index in [1.807, 2.05) is 0 Å². The van der Waals surface area contributed by atoms with Gasteiger partial charge in [0.1, 0.15) is 0 Å². The highest BCUT2D eigenvalue weighted by Gasteiger charge is 2.39. The Kier molecular flexibility index (Phi) is 3.32. The van der Waals surface area contributed by atoms with Gasteiger partial charge in [0, 0.05) is 5.56 Å². The van der Waals surface area contributed by atoms with Crippen LogP contribution in [0.4, 0.5) is 27.6 Å². The number of alkyl halides is 5. The van der Waals surface area contributed by atoms with Crippen molar-refractivity contribution in [3.05, 3.63) is 23.0 Å². The van der Waals surface area contributed by atoms with E-state index >= 15 is 0 Å². The Morgan fingerprint density at radius 3 is 2.31 bits per heavy atom. The van der Waals surface area contributed by atoms with Crippen molar-refractivity contribution in [3.63, 3.8) is 0 Å². The zero-order valence-corrected chi connectivity index (χ0v) is 7.72. The first-order valence-corrected chi connectivity index (χ1v) is 4.02. The molecule has 1 aromatic heterocycles. The van der Waals surface area contributed by atoms with Gasteiger partial charge in [0.25, 0.3) is 6.43 Å². The maximum atomic E-state index is 12.5. The standard InChI is InChI=1S/C8H7F5N2O/c9-7(10)5-3(2-16)4(14)1-15-6(5)8(11,12)13/h1,7,16H,2,14H2. The van der Waals surface area contributed by atoms with Gasteiger partial charge in [-0.05, 0) is 0 Å². The van der Waals surface area contributed by atoms with Crippen LogP contribution in [0.1, 0.15) is 23.2 Å². The summed E-state index contributed by atoms with van der Waals surface area (Å²) in [5, 5.41) is 8.73. The monoisotopic (exact) mass is 242 g/mol. The summed E-state index contributed by atoms with van der Waals surface area (Å²) < 4.78 is 62.0. The van der Waals surface area contributed by atoms with Crippen LogP contribution in [0.25, 0.3) is 0 Å². The predicted octanol–water partition coefficient (Wildman–Crippen LogP) is 2.11. The first kappa shape index (κ1) is 12.6. The van der Waals surface area contributed by atoms with E-state index in [1.165, 1.54) is 0 Å². The molecule has 8 heteroatoms. The maximum Gasteiger partial charge on any atom is 0.433 e. The highest BCUT2D eigenvalue weighted by atomic mass is 19.4. The van der Waals surface area contributed by atoms with Gasteiger partial charge in [-0.3, -0.25) is 0 Å². The number of pyridine rings is 1. The number of nitrogens with zero attached hydrogens (tertiary/aromatic N) is 1. The third-order valence-electron chi connectivity index (χ3n) is 1.91. The number of halogens is 5. The van der Waals surface area contributed by atoms with Gasteiger partial charge in [0.15, 0.2) is 5.69 Å². The largest absolute Gasteiger partial charge is 0.433 e. The smallest absolute Gasteiger partial charge is 0.397 e. The third kappa shape index (κ3) is 2.21. The first-order valence-electron chi connectivity index (χ1n) is 4.02. The number of rotatable bonds is 2. The molecule has 0 aliphatic carbocycles. The Balaban J connectivity index is 3.52. The van der Waals surface area contributed by atoms with E-state index in [4.69, 9.17) is 10.8 Å². The van der Waals surface area contributed by atoms with Crippen LogP contribution >= 0.6 is 0 Å². The summed E-state index contributed by atoms with van der Waals surface area (Å²) >= 11 is 0. The Labute approximate surface area is 86.7 Å². The SMILES string of the molecule is Nc1cnc(C(F)(F)F)c(C(F)F)c1CO. The summed E-state index contributed by atoms with van der Waals surface area (Å²) in [5.74, 6) is 0. The van der Waals surface area contributed by atoms with Crippen LogP contribution in [-0.4, -0.2) is 10.1 Å². The molecule has 0 aliphatic heterocycles. The van der Waals surface area contributed by atoms with Gasteiger partial charge in [0.2, 0.25) is 0 Å². The zero-order chi connectivity index (χ0) is 12.5. The summed E-state index contributed by atoms with van der Waals surface area (Å²) in [4.78, 5) is 2.84. The van der Waals surface area contributed by atoms with E-state index in [1.54, 1.807) is 0 Å². The number of hydrogen-bond donors (Lipinski definition) is 2. The van der Waals surface area contributed by atoms with Crippen molar-refractivity contribution in [3.8, 4) is 0 Å². The van der Waals surface area contributed by atoms with Gasteiger partial charge < -0.3 is 10.8 Å². The van der Waals surface area contributed by atoms with Crippen LogP contribution in [0.15, 0.2) is 6.20 Å². The highest BCUT2D eigenvalue weighted by Crippen LogP contribution is 2.38. The van der Waals surface area contributed by atoms with Crippen molar-refractivity contribution in [1.82, 2.24) is 4.98 Å². The minimum Gasteiger partial charge on any atom is -0.397 e. The number of nitrogens with two attached hydrogens (primary N) is 1. The van der Waals surface area contributed by atoms with Crippen molar-refractivity contribution in [2.75, 3.05) is 5.73 Å². The molecule has 3 N–H and O–H groups in total. The van der Waals surface area contributed by atoms with Crippen molar-refractivity contribution >= 4 is 5.69 Å². The first-order chi connectivity index (χ1) is 7.29. The number of aliphatic hydroxyl groups is 1. The van der Waals surface area contributed by atoms with Crippen LogP contribution in [0, 0.1) is 0 Å². The van der Waals surface area contributed by atoms with Gasteiger partial charge in [-0.2, -0.15) is 13.2 Å². The van der Waals surface area contributed by atoms with Crippen molar-refractivity contribution < 1.29 is 27.1 Å². The van der Waals surface area contributed by atoms with Crippen molar-refractivity contribution in [2.45, 2.75) is 19.2 Å². The van der Waals surface area contributed by atoms with Crippen LogP contribution in [0.5, 0.6) is 0 Å². The highest BCUT2D eigenvalue weighted by molar-refractivity contribution is 5.51. The Morgan fingerprint density at radius 2 is 1.94 bits per heavy atom. The molecule has 0 atom stereocenters. The normalized spacial score (nSPS) is 12.2. The lowest BCUT2D eigenvalue weighted by Crippen LogP contribution is -2.16. The fraction of sp³-hybridized carbons (Fsp3) is 0.375. The summed E-state index contributed by atoms with van der Waals surface area (Å²) in [5.41, 5.74) is 1.03. The molecule has 0 amide bonds. The minimum atomic E-state index is -5.01. The molecule has 0 unspecified atom stereocenters. The summed E-state index contributed by atoms with van der Waals surface area (Å²) in [7, 11) is 0. The van der Waals surface area contributed by atoms with Crippen LogP contribution in [0.3, 0.4) is 0 Å². The van der Waals surface area contributed by atoms with E-state index in [0.29, 0.717) is 6.20 Å². The average Bonchev–Trinajstić information content (AvgIpc) is 2.14. The zero-order valence-electron chi connectivity index (χ0n) is 7.72. The molecule has 1 rings (SSSR count). The molecule has 3 nitrogen and oxygen atoms in total. The lowest BCUT2D eigenvalue weighted by atomic mass is 10.1. The van der Waals surface area contributed by atoms with Gasteiger partial charge in [0.05, 0.1) is 24.1 Å². The maximum absolute atomic E-state index is 12.5. The number of aromatic nitrogens is 1. The second kappa shape index (κ2) is 4.20. The Hall–Kier alpha value is -1.44. The topological polar surface area (TPSA) is 59.1 Å². The van der Waals surface area contributed by atoms with Gasteiger partial charge in [-0.25, -0.2) is 13.8 Å². The van der Waals surface area contributed by atoms with E-state index < -0.39 is 41.7 Å². The van der Waals surface area contributed by atoms with E-state index in [0.717, 1.165) is 0 Å². The summed E-state index contributed by atoms with van der Waals surface area (Å²) in [6.07, 6.45) is -7.82. The third-order valence-corrected chi connectivity index (χ3v) is 1.91. The minimum absolute atomic E-state index is 0.397. The van der Waals surface area contributed by atoms with E-state index in [2.05, 4.69) is 4.98 Å². The number of nitrogen functional groups attached to an aromatic ring is 1. The van der Waals surface area contributed by atoms with Gasteiger partial charge in [-0.1, -0.05) is 0 Å². The molecule has 90 valence electrons. The molecule has 0 saturated heterocycles. The van der Waals surface area contributed by atoms with E-state index in [-0.39, 0.29) is 0 Å². The molecule has 1 aromatic rings. The second-order valence-electron chi connectivity index (χ2n) is 2.91. The van der Waals surface area contributed by atoms with Gasteiger partial charge in [-0.15, -0.1) is 0 Å². The van der Waals surface area contributed by atoms with Gasteiger partial charge >= 0.3 is 6.18 Å². The van der Waals surface area contributed by atoms with Crippen molar-refractivity contribution in [1.29, 1.82) is 0 Å². The molecule has 0 spiro atoms. The molecule has 0 fully saturated rings. The Bertz CT molecular complexity index is 391. The average molecular weight is 242 g/mol. The second-order valence-corrected chi connectivity index (χ2v) is 2.91. The molecule has 0 bridgehead atoms. The molecule has 0 saturated carbocycles. The fourth-order valence-corrected chi connectivity index (χ4v) is 1.22. The van der Waals surface area contributed by atoms with E-state index in [9.17, 15) is 22.0 Å². The number of hydrogen-bond acceptors (Lipinski definition) is 3. The number of anilines is 1. The molecule has 1 heterocycles. The summed E-state index contributed by atoms with van der Waals surface area (Å²) in [6, 6.07) is 0. The lowest BCUT2D eigenvalue weighted by molar-refractivity contribution is -0.143. The van der Waals surface area contributed by atoms with Crippen molar-refractivity contribution in [2.24, 2.45) is 0 Å². The van der Waals surface area contributed by atoms with Crippen LogP contribution < -0.4 is 5.73 Å². The Morgan fingerprint density at radius 1 is 1.38 bits per heavy atom. The molecule has 0 radical (unpaired) electrons. The molecule has 0 aromatic carbocycles. The predicted molar refractivity (Wildman–Crippen MR) is 44.5 cm³/mol. The molecular weight excluding hydrogens is 235 g/mol. The lowest BCUT2D eigenvalue weighted by Gasteiger charge is -2.15. The molecule has 0 aliphatic rings. The quantitative estimate of drug-likeness (QED) is 0.781. The molecule has 16 heavy (non-hydrogen) atoms. The molecular formula is C8H7F5N2O. The van der Waals surface area contributed by atoms with Crippen LogP contribution in [0.2, 0.25) is 0 Å². The fourth-order valence-electron chi connectivity index (χ4n) is 1.22.